The van der Waals surface area contributed by atoms with Gasteiger partial charge in [-0.15, -0.1) is 11.3 Å². The van der Waals surface area contributed by atoms with Crippen LogP contribution < -0.4 is 0 Å². The highest BCUT2D eigenvalue weighted by Crippen LogP contribution is 2.32. The fraction of sp³-hybridized carbons (Fsp3) is 0.471. The molecular weight excluding hydrogens is 282 g/mol. The molecule has 1 aromatic heterocycles. The number of nitrogens with zero attached hydrogens (tertiary/aromatic N) is 1. The van der Waals surface area contributed by atoms with Crippen LogP contribution in [0.2, 0.25) is 0 Å². The fourth-order valence-corrected chi connectivity index (χ4v) is 3.58. The molecule has 1 aromatic carbocycles. The molecule has 1 atom stereocenters. The Kier molecular flexibility index (Phi) is 5.37. The zero-order valence-corrected chi connectivity index (χ0v) is 13.7. The lowest BCUT2D eigenvalue weighted by atomic mass is 10.1. The summed E-state index contributed by atoms with van der Waals surface area (Å²) in [5.74, 6) is -0.186. The van der Waals surface area contributed by atoms with Crippen LogP contribution >= 0.6 is 11.3 Å². The number of carbonyl (C=O) groups is 1. The lowest BCUT2D eigenvalue weighted by molar-refractivity contribution is 0.0700. The van der Waals surface area contributed by atoms with E-state index in [4.69, 9.17) is 0 Å². The van der Waals surface area contributed by atoms with E-state index in [2.05, 4.69) is 25.7 Å². The Balaban J connectivity index is 2.35. The maximum absolute atomic E-state index is 11.5. The quantitative estimate of drug-likeness (QED) is 0.820. The van der Waals surface area contributed by atoms with Crippen molar-refractivity contribution >= 4 is 27.4 Å². The van der Waals surface area contributed by atoms with Crippen molar-refractivity contribution in [1.82, 2.24) is 4.90 Å². The van der Waals surface area contributed by atoms with Crippen molar-refractivity contribution in [3.05, 3.63) is 34.7 Å². The highest BCUT2D eigenvalue weighted by Gasteiger charge is 2.19. The highest BCUT2D eigenvalue weighted by molar-refractivity contribution is 7.21. The van der Waals surface area contributed by atoms with E-state index in [1.54, 1.807) is 0 Å². The molecule has 0 aliphatic rings. The molecule has 2 aromatic rings. The van der Waals surface area contributed by atoms with Crippen molar-refractivity contribution < 1.29 is 9.90 Å². The Bertz CT molecular complexity index is 620. The average molecular weight is 305 g/mol. The van der Waals surface area contributed by atoms with Crippen molar-refractivity contribution in [3.63, 3.8) is 0 Å². The summed E-state index contributed by atoms with van der Waals surface area (Å²) >= 11 is 1.38. The van der Waals surface area contributed by atoms with Gasteiger partial charge < -0.3 is 5.11 Å². The van der Waals surface area contributed by atoms with Gasteiger partial charge in [-0.1, -0.05) is 45.4 Å². The molecule has 0 aliphatic carbocycles. The molecule has 4 heteroatoms. The van der Waals surface area contributed by atoms with E-state index >= 15 is 0 Å². The third kappa shape index (κ3) is 3.63. The molecule has 0 fully saturated rings. The second-order valence-corrected chi connectivity index (χ2v) is 6.60. The zero-order valence-electron chi connectivity index (χ0n) is 12.9. The van der Waals surface area contributed by atoms with Crippen molar-refractivity contribution in [2.24, 2.45) is 5.92 Å². The number of rotatable bonds is 7. The Morgan fingerprint density at radius 2 is 2.05 bits per heavy atom. The number of fused-ring (bicyclic) bond motifs is 1. The summed E-state index contributed by atoms with van der Waals surface area (Å²) in [6.07, 6.45) is 1.15. The van der Waals surface area contributed by atoms with Gasteiger partial charge in [0, 0.05) is 17.8 Å². The lowest BCUT2D eigenvalue weighted by Gasteiger charge is -2.23. The standard InChI is InChI=1S/C17H23NO2S/c1-4-12(3)10-18(5-2)11-14-13-8-6-7-9-15(13)21-16(14)17(19)20/h6-9,12H,4-5,10-11H2,1-3H3,(H,19,20). The molecule has 3 nitrogen and oxygen atoms in total. The van der Waals surface area contributed by atoms with Crippen LogP contribution in [0, 0.1) is 5.92 Å². The van der Waals surface area contributed by atoms with Crippen LogP contribution in [-0.4, -0.2) is 29.1 Å². The largest absolute Gasteiger partial charge is 0.477 e. The Hall–Kier alpha value is -1.39. The summed E-state index contributed by atoms with van der Waals surface area (Å²) in [5, 5.41) is 10.6. The Morgan fingerprint density at radius 1 is 1.33 bits per heavy atom. The van der Waals surface area contributed by atoms with Crippen LogP contribution in [0.5, 0.6) is 0 Å². The number of carboxylic acid groups (broad SMARTS) is 1. The number of carboxylic acids is 1. The van der Waals surface area contributed by atoms with Gasteiger partial charge in [0.15, 0.2) is 0 Å². The minimum Gasteiger partial charge on any atom is -0.477 e. The summed E-state index contributed by atoms with van der Waals surface area (Å²) in [4.78, 5) is 14.4. The average Bonchev–Trinajstić information content (AvgIpc) is 2.85. The van der Waals surface area contributed by atoms with Crippen molar-refractivity contribution in [2.45, 2.75) is 33.7 Å². The van der Waals surface area contributed by atoms with Crippen LogP contribution in [0.3, 0.4) is 0 Å². The fourth-order valence-electron chi connectivity index (χ4n) is 2.53. The molecule has 0 saturated heterocycles. The van der Waals surface area contributed by atoms with Crippen LogP contribution in [0.4, 0.5) is 0 Å². The smallest absolute Gasteiger partial charge is 0.346 e. The molecule has 0 spiro atoms. The minimum absolute atomic E-state index is 0.485. The van der Waals surface area contributed by atoms with E-state index in [0.717, 1.165) is 35.2 Å². The van der Waals surface area contributed by atoms with Gasteiger partial charge in [-0.2, -0.15) is 0 Å². The summed E-state index contributed by atoms with van der Waals surface area (Å²) in [7, 11) is 0. The van der Waals surface area contributed by atoms with Gasteiger partial charge >= 0.3 is 5.97 Å². The first-order valence-electron chi connectivity index (χ1n) is 7.52. The van der Waals surface area contributed by atoms with E-state index < -0.39 is 5.97 Å². The van der Waals surface area contributed by atoms with Gasteiger partial charge in [-0.05, 0) is 29.5 Å². The predicted molar refractivity (Wildman–Crippen MR) is 89.2 cm³/mol. The second kappa shape index (κ2) is 7.05. The third-order valence-electron chi connectivity index (χ3n) is 3.99. The minimum atomic E-state index is -0.814. The summed E-state index contributed by atoms with van der Waals surface area (Å²) < 4.78 is 1.06. The van der Waals surface area contributed by atoms with E-state index in [0.29, 0.717) is 17.3 Å². The molecule has 21 heavy (non-hydrogen) atoms. The first-order chi connectivity index (χ1) is 10.1. The monoisotopic (exact) mass is 305 g/mol. The van der Waals surface area contributed by atoms with Crippen LogP contribution in [0.1, 0.15) is 42.4 Å². The molecule has 0 radical (unpaired) electrons. The molecule has 1 unspecified atom stereocenters. The predicted octanol–water partition coefficient (Wildman–Crippen LogP) is 4.47. The molecule has 2 rings (SSSR count). The van der Waals surface area contributed by atoms with Crippen LogP contribution in [-0.2, 0) is 6.54 Å². The zero-order chi connectivity index (χ0) is 15.4. The van der Waals surface area contributed by atoms with Crippen LogP contribution in [0.25, 0.3) is 10.1 Å². The topological polar surface area (TPSA) is 40.5 Å². The Morgan fingerprint density at radius 3 is 2.67 bits per heavy atom. The molecule has 0 bridgehead atoms. The molecule has 1 heterocycles. The first-order valence-corrected chi connectivity index (χ1v) is 8.34. The third-order valence-corrected chi connectivity index (χ3v) is 5.19. The maximum Gasteiger partial charge on any atom is 0.346 e. The molecule has 1 N–H and O–H groups in total. The molecule has 0 aliphatic heterocycles. The number of aromatic carboxylic acids is 1. The SMILES string of the molecule is CCC(C)CN(CC)Cc1c(C(=O)O)sc2ccccc12. The van der Waals surface area contributed by atoms with Crippen LogP contribution in [0.15, 0.2) is 24.3 Å². The van der Waals surface area contributed by atoms with E-state index in [1.165, 1.54) is 11.3 Å². The second-order valence-electron chi connectivity index (χ2n) is 5.55. The van der Waals surface area contributed by atoms with E-state index in [-0.39, 0.29) is 0 Å². The number of thiophene rings is 1. The van der Waals surface area contributed by atoms with E-state index in [1.807, 2.05) is 24.3 Å². The van der Waals surface area contributed by atoms with Gasteiger partial charge in [-0.25, -0.2) is 4.79 Å². The molecule has 114 valence electrons. The van der Waals surface area contributed by atoms with Crippen molar-refractivity contribution in [1.29, 1.82) is 0 Å². The summed E-state index contributed by atoms with van der Waals surface area (Å²) in [5.41, 5.74) is 0.966. The van der Waals surface area contributed by atoms with Gasteiger partial charge in [0.05, 0.1) is 0 Å². The van der Waals surface area contributed by atoms with Gasteiger partial charge in [0.2, 0.25) is 0 Å². The lowest BCUT2D eigenvalue weighted by Crippen LogP contribution is -2.28. The van der Waals surface area contributed by atoms with Gasteiger partial charge in [-0.3, -0.25) is 4.90 Å². The van der Waals surface area contributed by atoms with E-state index in [9.17, 15) is 9.90 Å². The molecular formula is C17H23NO2S. The molecule has 0 amide bonds. The Labute approximate surface area is 130 Å². The highest BCUT2D eigenvalue weighted by atomic mass is 32.1. The first kappa shape index (κ1) is 16.0. The van der Waals surface area contributed by atoms with Gasteiger partial charge in [0.1, 0.15) is 4.88 Å². The van der Waals surface area contributed by atoms with Crippen molar-refractivity contribution in [3.8, 4) is 0 Å². The van der Waals surface area contributed by atoms with Gasteiger partial charge in [0.25, 0.3) is 0 Å². The number of hydrogen-bond acceptors (Lipinski definition) is 3. The number of benzene rings is 1. The summed E-state index contributed by atoms with van der Waals surface area (Å²) in [6, 6.07) is 7.98. The maximum atomic E-state index is 11.5. The number of hydrogen-bond donors (Lipinski definition) is 1. The molecule has 0 saturated carbocycles. The van der Waals surface area contributed by atoms with Crippen molar-refractivity contribution in [2.75, 3.05) is 13.1 Å². The summed E-state index contributed by atoms with van der Waals surface area (Å²) in [6.45, 7) is 9.24. The normalized spacial score (nSPS) is 13.0.